The summed E-state index contributed by atoms with van der Waals surface area (Å²) in [5, 5.41) is 0.839. The summed E-state index contributed by atoms with van der Waals surface area (Å²) in [6.07, 6.45) is 10.4. The Labute approximate surface area is 198 Å². The van der Waals surface area contributed by atoms with E-state index >= 15 is 0 Å². The highest BCUT2D eigenvalue weighted by atomic mass is 35.5. The molecule has 5 rings (SSSR count). The molecule has 2 aromatic rings. The van der Waals surface area contributed by atoms with Crippen molar-refractivity contribution < 1.29 is 4.74 Å². The van der Waals surface area contributed by atoms with Crippen molar-refractivity contribution >= 4 is 17.4 Å². The fourth-order valence-corrected chi connectivity index (χ4v) is 6.56. The van der Waals surface area contributed by atoms with E-state index in [9.17, 15) is 0 Å². The average Bonchev–Trinajstić information content (AvgIpc) is 2.78. The lowest BCUT2D eigenvalue weighted by Gasteiger charge is -2.43. The van der Waals surface area contributed by atoms with Crippen molar-refractivity contribution in [2.24, 2.45) is 11.8 Å². The van der Waals surface area contributed by atoms with Crippen LogP contribution in [0.4, 0.5) is 0 Å². The fourth-order valence-electron chi connectivity index (χ4n) is 6.16. The molecule has 3 aliphatic rings. The number of fused-ring (bicyclic) bond motifs is 3. The zero-order valence-electron chi connectivity index (χ0n) is 19.7. The quantitative estimate of drug-likeness (QED) is 0.337. The number of halogens is 1. The molecule has 0 saturated heterocycles. The van der Waals surface area contributed by atoms with Gasteiger partial charge in [-0.05, 0) is 97.7 Å². The van der Waals surface area contributed by atoms with E-state index in [4.69, 9.17) is 16.3 Å². The van der Waals surface area contributed by atoms with Crippen LogP contribution in [0.1, 0.15) is 83.3 Å². The van der Waals surface area contributed by atoms with Crippen LogP contribution in [0.15, 0.2) is 65.3 Å². The molecule has 0 spiro atoms. The maximum absolute atomic E-state index is 6.78. The number of rotatable bonds is 3. The molecular formula is C30H35ClO. The van der Waals surface area contributed by atoms with Crippen molar-refractivity contribution in [2.45, 2.75) is 77.6 Å². The molecule has 0 aliphatic heterocycles. The van der Waals surface area contributed by atoms with Gasteiger partial charge in [0.2, 0.25) is 0 Å². The van der Waals surface area contributed by atoms with E-state index in [-0.39, 0.29) is 5.41 Å². The largest absolute Gasteiger partial charge is 0.457 e. The standard InChI is InChI=1S/C30H35ClO/c1-30(2,3)26-19-22(16-17-27(26)31)29(32-23-12-5-4-6-13-23)28-21-11-9-15-25(28)24-14-8-7-10-20(24)18-21/h4-6,12-13,16-17,19,21,25H,7-11,14-15,18H2,1-3H3. The summed E-state index contributed by atoms with van der Waals surface area (Å²) in [6.45, 7) is 6.70. The van der Waals surface area contributed by atoms with E-state index in [1.807, 2.05) is 6.07 Å². The van der Waals surface area contributed by atoms with Crippen LogP contribution < -0.4 is 4.74 Å². The summed E-state index contributed by atoms with van der Waals surface area (Å²) < 4.78 is 6.78. The first-order valence-electron chi connectivity index (χ1n) is 12.4. The van der Waals surface area contributed by atoms with Crippen LogP contribution in [0.3, 0.4) is 0 Å². The van der Waals surface area contributed by atoms with Crippen molar-refractivity contribution in [1.82, 2.24) is 0 Å². The molecule has 168 valence electrons. The molecule has 0 amide bonds. The third-order valence-electron chi connectivity index (χ3n) is 7.66. The normalized spacial score (nSPS) is 24.8. The second kappa shape index (κ2) is 8.75. The molecule has 2 atom stereocenters. The highest BCUT2D eigenvalue weighted by Crippen LogP contribution is 2.53. The lowest BCUT2D eigenvalue weighted by molar-refractivity contribution is 0.335. The van der Waals surface area contributed by atoms with Gasteiger partial charge in [0.1, 0.15) is 11.5 Å². The number of para-hydroxylation sites is 1. The lowest BCUT2D eigenvalue weighted by atomic mass is 9.62. The van der Waals surface area contributed by atoms with Crippen LogP contribution in [0.5, 0.6) is 5.75 Å². The minimum Gasteiger partial charge on any atom is -0.457 e. The number of hydrogen-bond acceptors (Lipinski definition) is 1. The number of benzene rings is 2. The van der Waals surface area contributed by atoms with Gasteiger partial charge in [-0.25, -0.2) is 0 Å². The maximum Gasteiger partial charge on any atom is 0.134 e. The van der Waals surface area contributed by atoms with Crippen LogP contribution in [0.25, 0.3) is 5.76 Å². The molecule has 2 aromatic carbocycles. The summed E-state index contributed by atoms with van der Waals surface area (Å²) in [5.41, 5.74) is 7.43. The van der Waals surface area contributed by atoms with Crippen molar-refractivity contribution in [3.05, 3.63) is 81.4 Å². The molecule has 2 unspecified atom stereocenters. The summed E-state index contributed by atoms with van der Waals surface area (Å²) in [5.74, 6) is 3.18. The Balaban J connectivity index is 1.69. The molecule has 1 fully saturated rings. The van der Waals surface area contributed by atoms with Gasteiger partial charge in [-0.15, -0.1) is 0 Å². The number of allylic oxidation sites excluding steroid dienone is 3. The first-order valence-corrected chi connectivity index (χ1v) is 12.8. The second-order valence-electron chi connectivity index (χ2n) is 10.9. The maximum atomic E-state index is 6.78. The molecule has 1 nitrogen and oxygen atoms in total. The third-order valence-corrected chi connectivity index (χ3v) is 7.99. The molecule has 0 N–H and O–H groups in total. The van der Waals surface area contributed by atoms with Crippen molar-refractivity contribution in [1.29, 1.82) is 0 Å². The Morgan fingerprint density at radius 2 is 1.72 bits per heavy atom. The van der Waals surface area contributed by atoms with Gasteiger partial charge in [-0.3, -0.25) is 0 Å². The van der Waals surface area contributed by atoms with Gasteiger partial charge in [0.25, 0.3) is 0 Å². The minimum atomic E-state index is -0.0167. The monoisotopic (exact) mass is 446 g/mol. The van der Waals surface area contributed by atoms with Crippen molar-refractivity contribution in [2.75, 3.05) is 0 Å². The highest BCUT2D eigenvalue weighted by molar-refractivity contribution is 6.31. The number of hydrogen-bond donors (Lipinski definition) is 0. The Morgan fingerprint density at radius 1 is 0.938 bits per heavy atom. The molecule has 0 heterocycles. The van der Waals surface area contributed by atoms with Gasteiger partial charge in [0.05, 0.1) is 0 Å². The van der Waals surface area contributed by atoms with Crippen LogP contribution >= 0.6 is 11.6 Å². The van der Waals surface area contributed by atoms with E-state index in [0.29, 0.717) is 11.8 Å². The predicted octanol–water partition coefficient (Wildman–Crippen LogP) is 9.12. The lowest BCUT2D eigenvalue weighted by Crippen LogP contribution is -2.30. The SMILES string of the molecule is CC(C)(C)c1cc(C(Oc2ccccc2)=C2C3CCCC2C2=C(CCCC2)C3)ccc1Cl. The van der Waals surface area contributed by atoms with Crippen LogP contribution in [0, 0.1) is 11.8 Å². The second-order valence-corrected chi connectivity index (χ2v) is 11.3. The fraction of sp³-hybridized carbons (Fsp3) is 0.467. The first kappa shape index (κ1) is 21.8. The smallest absolute Gasteiger partial charge is 0.134 e. The van der Waals surface area contributed by atoms with Gasteiger partial charge in [0, 0.05) is 16.5 Å². The zero-order valence-corrected chi connectivity index (χ0v) is 20.5. The molecule has 2 bridgehead atoms. The molecule has 32 heavy (non-hydrogen) atoms. The van der Waals surface area contributed by atoms with E-state index < -0.39 is 0 Å². The molecule has 0 aromatic heterocycles. The molecule has 1 saturated carbocycles. The summed E-state index contributed by atoms with van der Waals surface area (Å²) in [6, 6.07) is 16.8. The van der Waals surface area contributed by atoms with Gasteiger partial charge in [-0.1, -0.05) is 68.1 Å². The van der Waals surface area contributed by atoms with Crippen molar-refractivity contribution in [3.63, 3.8) is 0 Å². The first-order chi connectivity index (χ1) is 15.4. The van der Waals surface area contributed by atoms with E-state index in [1.54, 1.807) is 16.7 Å². The number of ether oxygens (including phenoxy) is 1. The van der Waals surface area contributed by atoms with Gasteiger partial charge >= 0.3 is 0 Å². The molecule has 3 aliphatic carbocycles. The van der Waals surface area contributed by atoms with Gasteiger partial charge in [0.15, 0.2) is 0 Å². The summed E-state index contributed by atoms with van der Waals surface area (Å²) >= 11 is 6.65. The molecular weight excluding hydrogens is 412 g/mol. The Kier molecular flexibility index (Phi) is 5.97. The Bertz CT molecular complexity index is 1050. The highest BCUT2D eigenvalue weighted by Gasteiger charge is 2.39. The topological polar surface area (TPSA) is 9.23 Å². The van der Waals surface area contributed by atoms with E-state index in [2.05, 4.69) is 63.2 Å². The van der Waals surface area contributed by atoms with Crippen LogP contribution in [0.2, 0.25) is 5.02 Å². The average molecular weight is 447 g/mol. The van der Waals surface area contributed by atoms with Crippen molar-refractivity contribution in [3.8, 4) is 5.75 Å². The third kappa shape index (κ3) is 4.17. The van der Waals surface area contributed by atoms with Gasteiger partial charge in [-0.2, -0.15) is 0 Å². The minimum absolute atomic E-state index is 0.0167. The van der Waals surface area contributed by atoms with E-state index in [1.165, 1.54) is 62.5 Å². The van der Waals surface area contributed by atoms with Gasteiger partial charge < -0.3 is 4.74 Å². The molecule has 0 radical (unpaired) electrons. The van der Waals surface area contributed by atoms with E-state index in [0.717, 1.165) is 16.5 Å². The summed E-state index contributed by atoms with van der Waals surface area (Å²) in [7, 11) is 0. The predicted molar refractivity (Wildman–Crippen MR) is 135 cm³/mol. The van der Waals surface area contributed by atoms with Crippen LogP contribution in [-0.2, 0) is 5.41 Å². The van der Waals surface area contributed by atoms with Crippen LogP contribution in [-0.4, -0.2) is 0 Å². The zero-order chi connectivity index (χ0) is 22.3. The summed E-state index contributed by atoms with van der Waals surface area (Å²) in [4.78, 5) is 0. The Morgan fingerprint density at radius 3 is 2.50 bits per heavy atom. The molecule has 2 heteroatoms. The Hall–Kier alpha value is -1.99.